The van der Waals surface area contributed by atoms with Gasteiger partial charge >= 0.3 is 0 Å². The number of nitrogens with zero attached hydrogens (tertiary/aromatic N) is 2. The molecule has 2 aromatic carbocycles. The van der Waals surface area contributed by atoms with Gasteiger partial charge in [0, 0.05) is 17.5 Å². The van der Waals surface area contributed by atoms with Crippen LogP contribution in [0.15, 0.2) is 54.6 Å². The lowest BCUT2D eigenvalue weighted by molar-refractivity contribution is 0.0964. The van der Waals surface area contributed by atoms with Crippen molar-refractivity contribution in [1.29, 1.82) is 0 Å². The molecule has 152 valence electrons. The van der Waals surface area contributed by atoms with Crippen LogP contribution in [0.4, 0.5) is 5.69 Å². The number of aryl methyl sites for hydroxylation is 1. The highest BCUT2D eigenvalue weighted by Crippen LogP contribution is 2.30. The Kier molecular flexibility index (Phi) is 5.57. The number of hydrogen-bond donors (Lipinski definition) is 2. The lowest BCUT2D eigenvalue weighted by Crippen LogP contribution is -2.21. The van der Waals surface area contributed by atoms with E-state index < -0.39 is 0 Å². The lowest BCUT2D eigenvalue weighted by Gasteiger charge is -2.09. The highest BCUT2D eigenvalue weighted by atomic mass is 35.5. The zero-order chi connectivity index (χ0) is 21.3. The third-order valence-electron chi connectivity index (χ3n) is 4.72. The Labute approximate surface area is 182 Å². The smallest absolute Gasteiger partial charge is 0.265 e. The quantitative estimate of drug-likeness (QED) is 0.473. The molecule has 0 atom stereocenters. The molecule has 0 spiro atoms. The van der Waals surface area contributed by atoms with Crippen LogP contribution in [0.3, 0.4) is 0 Å². The fourth-order valence-corrected chi connectivity index (χ4v) is 4.39. The second-order valence-corrected chi connectivity index (χ2v) is 8.24. The van der Waals surface area contributed by atoms with Gasteiger partial charge in [0.1, 0.15) is 4.83 Å². The average molecular weight is 439 g/mol. The van der Waals surface area contributed by atoms with E-state index in [9.17, 15) is 9.59 Å². The molecule has 8 heteroatoms. The first-order chi connectivity index (χ1) is 14.5. The first-order valence-electron chi connectivity index (χ1n) is 9.30. The summed E-state index contributed by atoms with van der Waals surface area (Å²) in [6, 6.07) is 16.4. The summed E-state index contributed by atoms with van der Waals surface area (Å²) in [6.45, 7) is 2.51. The highest BCUT2D eigenvalue weighted by Gasteiger charge is 2.18. The molecule has 0 radical (unpaired) electrons. The number of fused-ring (bicyclic) bond motifs is 1. The SMILES string of the molecule is CNC(=O)c1ccccc1NC(=O)c1cc2c(C)nn(Cc3ccc(Cl)cc3)c2s1. The van der Waals surface area contributed by atoms with Crippen molar-refractivity contribution < 1.29 is 9.59 Å². The Balaban J connectivity index is 1.62. The summed E-state index contributed by atoms with van der Waals surface area (Å²) < 4.78 is 1.90. The summed E-state index contributed by atoms with van der Waals surface area (Å²) in [5.74, 6) is -0.512. The fraction of sp³-hybridized carbons (Fsp3) is 0.136. The first kappa shape index (κ1) is 20.1. The maximum Gasteiger partial charge on any atom is 0.265 e. The van der Waals surface area contributed by atoms with E-state index in [-0.39, 0.29) is 11.8 Å². The van der Waals surface area contributed by atoms with E-state index in [0.717, 1.165) is 21.5 Å². The number of carbonyl (C=O) groups is 2. The van der Waals surface area contributed by atoms with Crippen molar-refractivity contribution in [2.45, 2.75) is 13.5 Å². The average Bonchev–Trinajstić information content (AvgIpc) is 3.31. The molecule has 0 saturated carbocycles. The molecule has 2 heterocycles. The van der Waals surface area contributed by atoms with Crippen molar-refractivity contribution in [1.82, 2.24) is 15.1 Å². The summed E-state index contributed by atoms with van der Waals surface area (Å²) in [5, 5.41) is 11.7. The molecular weight excluding hydrogens is 420 g/mol. The Bertz CT molecular complexity index is 1240. The van der Waals surface area contributed by atoms with Crippen LogP contribution in [0.25, 0.3) is 10.2 Å². The zero-order valence-corrected chi connectivity index (χ0v) is 18.0. The van der Waals surface area contributed by atoms with Gasteiger partial charge in [0.15, 0.2) is 0 Å². The van der Waals surface area contributed by atoms with E-state index in [1.54, 1.807) is 31.3 Å². The second-order valence-electron chi connectivity index (χ2n) is 6.78. The van der Waals surface area contributed by atoms with E-state index in [4.69, 9.17) is 11.6 Å². The summed E-state index contributed by atoms with van der Waals surface area (Å²) in [6.07, 6.45) is 0. The van der Waals surface area contributed by atoms with Crippen LogP contribution in [-0.4, -0.2) is 28.6 Å². The Morgan fingerprint density at radius 2 is 1.83 bits per heavy atom. The number of anilines is 1. The Morgan fingerprint density at radius 1 is 1.10 bits per heavy atom. The molecule has 0 aliphatic carbocycles. The van der Waals surface area contributed by atoms with E-state index in [0.29, 0.717) is 27.7 Å². The van der Waals surface area contributed by atoms with Gasteiger partial charge in [-0.3, -0.25) is 14.3 Å². The topological polar surface area (TPSA) is 76.0 Å². The van der Waals surface area contributed by atoms with Crippen molar-refractivity contribution >= 4 is 50.7 Å². The van der Waals surface area contributed by atoms with Gasteiger partial charge in [-0.2, -0.15) is 5.10 Å². The molecule has 2 N–H and O–H groups in total. The number of halogens is 1. The lowest BCUT2D eigenvalue weighted by atomic mass is 10.1. The van der Waals surface area contributed by atoms with Crippen LogP contribution < -0.4 is 10.6 Å². The number of aromatic nitrogens is 2. The summed E-state index contributed by atoms with van der Waals surface area (Å²) in [4.78, 5) is 26.4. The van der Waals surface area contributed by atoms with Crippen LogP contribution in [0.1, 0.15) is 31.3 Å². The third kappa shape index (κ3) is 3.94. The standard InChI is InChI=1S/C22H19ClN4O2S/c1-13-17-11-19(21(29)25-18-6-4-3-5-16(18)20(28)24-2)30-22(17)27(26-13)12-14-7-9-15(23)10-8-14/h3-11H,12H2,1-2H3,(H,24,28)(H,25,29). The summed E-state index contributed by atoms with van der Waals surface area (Å²) in [7, 11) is 1.56. The van der Waals surface area contributed by atoms with Crippen LogP contribution in [0.5, 0.6) is 0 Å². The van der Waals surface area contributed by atoms with Gasteiger partial charge in [0.05, 0.1) is 28.4 Å². The number of thiophene rings is 1. The monoisotopic (exact) mass is 438 g/mol. The predicted molar refractivity (Wildman–Crippen MR) is 121 cm³/mol. The summed E-state index contributed by atoms with van der Waals surface area (Å²) in [5.41, 5.74) is 2.82. The number of para-hydroxylation sites is 1. The molecule has 0 bridgehead atoms. The van der Waals surface area contributed by atoms with E-state index in [1.165, 1.54) is 11.3 Å². The first-order valence-corrected chi connectivity index (χ1v) is 10.5. The molecule has 30 heavy (non-hydrogen) atoms. The van der Waals surface area contributed by atoms with Crippen molar-refractivity contribution in [3.63, 3.8) is 0 Å². The molecule has 0 fully saturated rings. The highest BCUT2D eigenvalue weighted by molar-refractivity contribution is 7.20. The van der Waals surface area contributed by atoms with Gasteiger partial charge in [-0.25, -0.2) is 0 Å². The van der Waals surface area contributed by atoms with Crippen LogP contribution in [-0.2, 0) is 6.54 Å². The number of nitrogens with one attached hydrogen (secondary N) is 2. The number of carbonyl (C=O) groups excluding carboxylic acids is 2. The normalized spacial score (nSPS) is 10.9. The van der Waals surface area contributed by atoms with Crippen molar-refractivity contribution in [3.8, 4) is 0 Å². The minimum absolute atomic E-state index is 0.253. The summed E-state index contributed by atoms with van der Waals surface area (Å²) >= 11 is 7.34. The van der Waals surface area contributed by atoms with Gasteiger partial charge in [-0.05, 0) is 42.8 Å². The van der Waals surface area contributed by atoms with Gasteiger partial charge in [0.25, 0.3) is 11.8 Å². The maximum absolute atomic E-state index is 12.9. The molecule has 4 aromatic rings. The molecule has 0 unspecified atom stereocenters. The molecular formula is C22H19ClN4O2S. The number of hydrogen-bond acceptors (Lipinski definition) is 4. The van der Waals surface area contributed by atoms with E-state index in [2.05, 4.69) is 15.7 Å². The molecule has 0 saturated heterocycles. The van der Waals surface area contributed by atoms with Gasteiger partial charge in [-0.15, -0.1) is 11.3 Å². The predicted octanol–water partition coefficient (Wildman–Crippen LogP) is 4.72. The molecule has 2 aromatic heterocycles. The van der Waals surface area contributed by atoms with Gasteiger partial charge in [-0.1, -0.05) is 35.9 Å². The molecule has 0 aliphatic rings. The van der Waals surface area contributed by atoms with Crippen molar-refractivity contribution in [2.24, 2.45) is 0 Å². The zero-order valence-electron chi connectivity index (χ0n) is 16.4. The van der Waals surface area contributed by atoms with Crippen LogP contribution in [0.2, 0.25) is 5.02 Å². The van der Waals surface area contributed by atoms with Crippen molar-refractivity contribution in [3.05, 3.63) is 81.3 Å². The second kappa shape index (κ2) is 8.30. The van der Waals surface area contributed by atoms with Gasteiger partial charge < -0.3 is 10.6 Å². The molecule has 6 nitrogen and oxygen atoms in total. The fourth-order valence-electron chi connectivity index (χ4n) is 3.20. The van der Waals surface area contributed by atoms with Crippen LogP contribution >= 0.6 is 22.9 Å². The third-order valence-corrected chi connectivity index (χ3v) is 6.12. The van der Waals surface area contributed by atoms with Crippen molar-refractivity contribution in [2.75, 3.05) is 12.4 Å². The van der Waals surface area contributed by atoms with Crippen LogP contribution in [0, 0.1) is 6.92 Å². The molecule has 4 rings (SSSR count). The minimum Gasteiger partial charge on any atom is -0.355 e. The maximum atomic E-state index is 12.9. The Morgan fingerprint density at radius 3 is 2.57 bits per heavy atom. The molecule has 2 amide bonds. The number of rotatable bonds is 5. The minimum atomic E-state index is -0.259. The Hall–Kier alpha value is -3.16. The largest absolute Gasteiger partial charge is 0.355 e. The van der Waals surface area contributed by atoms with E-state index >= 15 is 0 Å². The van der Waals surface area contributed by atoms with E-state index in [1.807, 2.05) is 41.9 Å². The number of benzene rings is 2. The number of amides is 2. The molecule has 0 aliphatic heterocycles. The van der Waals surface area contributed by atoms with Gasteiger partial charge in [0.2, 0.25) is 0 Å².